The second-order valence-electron chi connectivity index (χ2n) is 7.12. The summed E-state index contributed by atoms with van der Waals surface area (Å²) in [7, 11) is 3.60. The van der Waals surface area contributed by atoms with Crippen molar-refractivity contribution >= 4 is 17.4 Å². The fourth-order valence-corrected chi connectivity index (χ4v) is 2.91. The Morgan fingerprint density at radius 2 is 1.91 bits per heavy atom. The third kappa shape index (κ3) is 5.35. The SMILES string of the molecule is CN(C)c1cccc(-n2nc(C(F)(F)F)cc2CNC(=O)Nc2ccc(CO)c(F)c2)c1. The molecule has 0 spiro atoms. The zero-order valence-electron chi connectivity index (χ0n) is 17.2. The number of benzene rings is 2. The van der Waals surface area contributed by atoms with Crippen molar-refractivity contribution in [3.63, 3.8) is 0 Å². The Hall–Kier alpha value is -3.60. The first kappa shape index (κ1) is 23.1. The maximum Gasteiger partial charge on any atom is 0.435 e. The van der Waals surface area contributed by atoms with Crippen LogP contribution in [0.15, 0.2) is 48.5 Å². The lowest BCUT2D eigenvalue weighted by atomic mass is 10.2. The first-order valence-corrected chi connectivity index (χ1v) is 9.46. The minimum Gasteiger partial charge on any atom is -0.392 e. The van der Waals surface area contributed by atoms with E-state index in [-0.39, 0.29) is 23.5 Å². The van der Waals surface area contributed by atoms with Crippen molar-refractivity contribution in [2.75, 3.05) is 24.3 Å². The molecule has 3 rings (SSSR count). The highest BCUT2D eigenvalue weighted by Crippen LogP contribution is 2.30. The average Bonchev–Trinajstić information content (AvgIpc) is 3.17. The van der Waals surface area contributed by atoms with Crippen molar-refractivity contribution in [2.24, 2.45) is 0 Å². The molecule has 7 nitrogen and oxygen atoms in total. The van der Waals surface area contributed by atoms with E-state index in [4.69, 9.17) is 5.11 Å². The smallest absolute Gasteiger partial charge is 0.392 e. The highest BCUT2D eigenvalue weighted by molar-refractivity contribution is 5.89. The largest absolute Gasteiger partial charge is 0.435 e. The number of aliphatic hydroxyl groups is 1. The summed E-state index contributed by atoms with van der Waals surface area (Å²) >= 11 is 0. The number of hydrogen-bond acceptors (Lipinski definition) is 4. The van der Waals surface area contributed by atoms with Crippen LogP contribution in [-0.4, -0.2) is 35.0 Å². The Morgan fingerprint density at radius 1 is 1.16 bits per heavy atom. The third-order valence-electron chi connectivity index (χ3n) is 4.58. The van der Waals surface area contributed by atoms with Crippen LogP contribution in [0.1, 0.15) is 17.0 Å². The number of amides is 2. The van der Waals surface area contributed by atoms with Crippen molar-refractivity contribution in [3.8, 4) is 5.69 Å². The molecule has 170 valence electrons. The van der Waals surface area contributed by atoms with E-state index in [1.54, 1.807) is 43.3 Å². The van der Waals surface area contributed by atoms with Crippen LogP contribution in [0.3, 0.4) is 0 Å². The number of hydrogen-bond donors (Lipinski definition) is 3. The van der Waals surface area contributed by atoms with E-state index in [1.165, 1.54) is 12.1 Å². The summed E-state index contributed by atoms with van der Waals surface area (Å²) in [5.41, 5.74) is 0.360. The average molecular weight is 451 g/mol. The van der Waals surface area contributed by atoms with Crippen LogP contribution in [-0.2, 0) is 19.3 Å². The first-order valence-electron chi connectivity index (χ1n) is 9.46. The molecule has 0 saturated heterocycles. The number of rotatable bonds is 6. The van der Waals surface area contributed by atoms with Gasteiger partial charge in [0.2, 0.25) is 0 Å². The summed E-state index contributed by atoms with van der Waals surface area (Å²) in [6, 6.07) is 10.6. The molecular weight excluding hydrogens is 430 g/mol. The topological polar surface area (TPSA) is 82.4 Å². The molecule has 0 saturated carbocycles. The molecule has 0 aliphatic rings. The van der Waals surface area contributed by atoms with Crippen LogP contribution in [0.2, 0.25) is 0 Å². The van der Waals surface area contributed by atoms with Gasteiger partial charge in [0, 0.05) is 31.0 Å². The number of aromatic nitrogens is 2. The number of anilines is 2. The summed E-state index contributed by atoms with van der Waals surface area (Å²) in [5, 5.41) is 17.5. The van der Waals surface area contributed by atoms with Crippen LogP contribution in [0.4, 0.5) is 33.7 Å². The minimum absolute atomic E-state index is 0.0690. The number of halogens is 4. The van der Waals surface area contributed by atoms with Crippen LogP contribution in [0.25, 0.3) is 5.69 Å². The highest BCUT2D eigenvalue weighted by Gasteiger charge is 2.35. The molecule has 32 heavy (non-hydrogen) atoms. The molecule has 1 aromatic heterocycles. The molecule has 0 radical (unpaired) electrons. The van der Waals surface area contributed by atoms with Gasteiger partial charge >= 0.3 is 12.2 Å². The predicted molar refractivity (Wildman–Crippen MR) is 111 cm³/mol. The van der Waals surface area contributed by atoms with E-state index in [1.807, 2.05) is 0 Å². The second-order valence-corrected chi connectivity index (χ2v) is 7.12. The van der Waals surface area contributed by atoms with E-state index in [0.717, 1.165) is 22.5 Å². The van der Waals surface area contributed by atoms with Gasteiger partial charge < -0.3 is 20.6 Å². The van der Waals surface area contributed by atoms with Gasteiger partial charge in [-0.15, -0.1) is 0 Å². The molecule has 0 aliphatic heterocycles. The van der Waals surface area contributed by atoms with E-state index in [2.05, 4.69) is 15.7 Å². The first-order chi connectivity index (χ1) is 15.1. The van der Waals surface area contributed by atoms with Crippen molar-refractivity contribution < 1.29 is 27.5 Å². The maximum atomic E-state index is 13.7. The molecule has 0 atom stereocenters. The lowest BCUT2D eigenvalue weighted by molar-refractivity contribution is -0.141. The molecular formula is C21H21F4N5O2. The van der Waals surface area contributed by atoms with Crippen molar-refractivity contribution in [2.45, 2.75) is 19.3 Å². The van der Waals surface area contributed by atoms with Gasteiger partial charge in [-0.2, -0.15) is 18.3 Å². The number of urea groups is 1. The standard InChI is InChI=1S/C21H21F4N5O2/c1-29(2)15-4-3-5-16(9-15)30-17(10-19(28-30)21(23,24)25)11-26-20(32)27-14-7-6-13(12-31)18(22)8-14/h3-10,31H,11-12H2,1-2H3,(H2,26,27,32). The van der Waals surface area contributed by atoms with Crippen molar-refractivity contribution in [3.05, 3.63) is 71.3 Å². The Balaban J connectivity index is 1.81. The molecule has 2 amide bonds. The fraction of sp³-hybridized carbons (Fsp3) is 0.238. The molecule has 0 unspecified atom stereocenters. The van der Waals surface area contributed by atoms with Crippen LogP contribution < -0.4 is 15.5 Å². The molecule has 11 heteroatoms. The molecule has 1 heterocycles. The van der Waals surface area contributed by atoms with Gasteiger partial charge in [-0.05, 0) is 36.4 Å². The monoisotopic (exact) mass is 451 g/mol. The second kappa shape index (κ2) is 9.27. The third-order valence-corrected chi connectivity index (χ3v) is 4.58. The molecule has 3 N–H and O–H groups in total. The molecule has 3 aromatic rings. The molecule has 0 aliphatic carbocycles. The lowest BCUT2D eigenvalue weighted by Gasteiger charge is -2.15. The van der Waals surface area contributed by atoms with Gasteiger partial charge in [0.25, 0.3) is 0 Å². The number of carbonyl (C=O) groups is 1. The van der Waals surface area contributed by atoms with Crippen LogP contribution >= 0.6 is 0 Å². The lowest BCUT2D eigenvalue weighted by Crippen LogP contribution is -2.29. The Bertz CT molecular complexity index is 1110. The maximum absolute atomic E-state index is 13.7. The zero-order chi connectivity index (χ0) is 23.5. The van der Waals surface area contributed by atoms with Gasteiger partial charge in [0.05, 0.1) is 24.5 Å². The van der Waals surface area contributed by atoms with Gasteiger partial charge in [0.1, 0.15) is 5.82 Å². The predicted octanol–water partition coefficient (Wildman–Crippen LogP) is 3.91. The van der Waals surface area contributed by atoms with Gasteiger partial charge in [-0.3, -0.25) is 0 Å². The molecule has 2 aromatic carbocycles. The zero-order valence-corrected chi connectivity index (χ0v) is 17.2. The number of aliphatic hydroxyl groups excluding tert-OH is 1. The highest BCUT2D eigenvalue weighted by atomic mass is 19.4. The van der Waals surface area contributed by atoms with Crippen molar-refractivity contribution in [1.29, 1.82) is 0 Å². The number of nitrogens with zero attached hydrogens (tertiary/aromatic N) is 3. The fourth-order valence-electron chi connectivity index (χ4n) is 2.91. The number of alkyl halides is 3. The minimum atomic E-state index is -4.66. The van der Waals surface area contributed by atoms with Crippen LogP contribution in [0, 0.1) is 5.82 Å². The van der Waals surface area contributed by atoms with Crippen molar-refractivity contribution in [1.82, 2.24) is 15.1 Å². The molecule has 0 bridgehead atoms. The normalized spacial score (nSPS) is 11.3. The number of nitrogens with one attached hydrogen (secondary N) is 2. The van der Waals surface area contributed by atoms with E-state index < -0.39 is 30.3 Å². The Kier molecular flexibility index (Phi) is 6.68. The van der Waals surface area contributed by atoms with Gasteiger partial charge in [-0.25, -0.2) is 13.9 Å². The summed E-state index contributed by atoms with van der Waals surface area (Å²) in [6.07, 6.45) is -4.66. The molecule has 0 fully saturated rings. The summed E-state index contributed by atoms with van der Waals surface area (Å²) < 4.78 is 54.6. The summed E-state index contributed by atoms with van der Waals surface area (Å²) in [6.45, 7) is -0.753. The van der Waals surface area contributed by atoms with E-state index in [9.17, 15) is 22.4 Å². The Labute approximate surface area is 181 Å². The van der Waals surface area contributed by atoms with Crippen LogP contribution in [0.5, 0.6) is 0 Å². The van der Waals surface area contributed by atoms with E-state index in [0.29, 0.717) is 5.69 Å². The quantitative estimate of drug-likeness (QED) is 0.497. The summed E-state index contributed by atoms with van der Waals surface area (Å²) in [5.74, 6) is -0.695. The Morgan fingerprint density at radius 3 is 2.53 bits per heavy atom. The van der Waals surface area contributed by atoms with Gasteiger partial charge in [0.15, 0.2) is 5.69 Å². The number of carbonyl (C=O) groups excluding carboxylic acids is 1. The summed E-state index contributed by atoms with van der Waals surface area (Å²) in [4.78, 5) is 14.0. The van der Waals surface area contributed by atoms with E-state index >= 15 is 0 Å². The van der Waals surface area contributed by atoms with Gasteiger partial charge in [-0.1, -0.05) is 12.1 Å².